The lowest BCUT2D eigenvalue weighted by molar-refractivity contribution is -0.135. The van der Waals surface area contributed by atoms with E-state index in [-0.39, 0.29) is 6.42 Å². The average molecular weight is 237 g/mol. The molecule has 0 aromatic heterocycles. The monoisotopic (exact) mass is 237 g/mol. The van der Waals surface area contributed by atoms with Crippen LogP contribution in [0.1, 0.15) is 51.9 Å². The molecular formula is C12H22F3N. The van der Waals surface area contributed by atoms with Gasteiger partial charge in [-0.05, 0) is 44.6 Å². The molecule has 0 bridgehead atoms. The van der Waals surface area contributed by atoms with Gasteiger partial charge in [-0.2, -0.15) is 13.2 Å². The third kappa shape index (κ3) is 6.36. The predicted octanol–water partition coefficient (Wildman–Crippen LogP) is 3.89. The minimum Gasteiger partial charge on any atom is -0.314 e. The normalized spacial score (nSPS) is 18.8. The summed E-state index contributed by atoms with van der Waals surface area (Å²) in [4.78, 5) is 0. The van der Waals surface area contributed by atoms with E-state index in [1.807, 2.05) is 0 Å². The molecule has 16 heavy (non-hydrogen) atoms. The average Bonchev–Trinajstić information content (AvgIpc) is 2.97. The van der Waals surface area contributed by atoms with E-state index in [4.69, 9.17) is 0 Å². The van der Waals surface area contributed by atoms with E-state index in [9.17, 15) is 13.2 Å². The summed E-state index contributed by atoms with van der Waals surface area (Å²) in [5, 5.41) is 3.40. The number of nitrogens with one attached hydrogen (secondary N) is 1. The Morgan fingerprint density at radius 3 is 2.44 bits per heavy atom. The number of rotatable bonds is 8. The van der Waals surface area contributed by atoms with E-state index in [0.29, 0.717) is 12.5 Å². The minimum absolute atomic E-state index is 0.250. The van der Waals surface area contributed by atoms with Gasteiger partial charge in [0, 0.05) is 12.5 Å². The Labute approximate surface area is 95.8 Å². The largest absolute Gasteiger partial charge is 0.389 e. The van der Waals surface area contributed by atoms with Crippen LogP contribution in [-0.2, 0) is 0 Å². The Bertz CT molecular complexity index is 187. The van der Waals surface area contributed by atoms with Gasteiger partial charge in [0.1, 0.15) is 0 Å². The summed E-state index contributed by atoms with van der Waals surface area (Å²) in [5.41, 5.74) is 0. The first-order valence-electron chi connectivity index (χ1n) is 6.33. The van der Waals surface area contributed by atoms with Crippen LogP contribution < -0.4 is 5.32 Å². The number of hydrogen-bond donors (Lipinski definition) is 1. The highest BCUT2D eigenvalue weighted by Crippen LogP contribution is 2.34. The van der Waals surface area contributed by atoms with Crippen LogP contribution in [0.5, 0.6) is 0 Å². The predicted molar refractivity (Wildman–Crippen MR) is 59.3 cm³/mol. The van der Waals surface area contributed by atoms with Gasteiger partial charge < -0.3 is 5.32 Å². The summed E-state index contributed by atoms with van der Waals surface area (Å²) in [6, 6.07) is 0.552. The molecule has 1 N–H and O–H groups in total. The highest BCUT2D eigenvalue weighted by molar-refractivity contribution is 4.85. The van der Waals surface area contributed by atoms with E-state index in [1.54, 1.807) is 0 Å². The van der Waals surface area contributed by atoms with Crippen molar-refractivity contribution in [1.29, 1.82) is 0 Å². The maximum atomic E-state index is 11.9. The maximum Gasteiger partial charge on any atom is 0.389 e. The summed E-state index contributed by atoms with van der Waals surface area (Å²) in [6.45, 7) is 2.89. The minimum atomic E-state index is -3.99. The van der Waals surface area contributed by atoms with Crippen LogP contribution in [0.2, 0.25) is 0 Å². The molecule has 1 saturated carbocycles. The van der Waals surface area contributed by atoms with Gasteiger partial charge in [0.25, 0.3) is 0 Å². The fraction of sp³-hybridized carbons (Fsp3) is 1.00. The Balaban J connectivity index is 2.00. The standard InChI is InChI=1S/C12H22F3N/c1-2-5-11(10-6-7-10)16-9-4-3-8-12(13,14)15/h10-11,16H,2-9H2,1H3. The zero-order chi connectivity index (χ0) is 12.0. The molecule has 96 valence electrons. The zero-order valence-electron chi connectivity index (χ0n) is 9.95. The summed E-state index contributed by atoms with van der Waals surface area (Å²) in [7, 11) is 0. The van der Waals surface area contributed by atoms with Crippen molar-refractivity contribution in [2.75, 3.05) is 6.54 Å². The maximum absolute atomic E-state index is 11.9. The smallest absolute Gasteiger partial charge is 0.314 e. The van der Waals surface area contributed by atoms with E-state index in [1.165, 1.54) is 12.8 Å². The van der Waals surface area contributed by atoms with Crippen LogP contribution in [-0.4, -0.2) is 18.8 Å². The van der Waals surface area contributed by atoms with Crippen molar-refractivity contribution < 1.29 is 13.2 Å². The summed E-state index contributed by atoms with van der Waals surface area (Å²) < 4.78 is 35.6. The molecule has 1 nitrogen and oxygen atoms in total. The van der Waals surface area contributed by atoms with Gasteiger partial charge in [-0.3, -0.25) is 0 Å². The first kappa shape index (κ1) is 13.8. The molecule has 0 radical (unpaired) electrons. The Kier molecular flexibility index (Phi) is 5.59. The fourth-order valence-electron chi connectivity index (χ4n) is 2.05. The first-order valence-corrected chi connectivity index (χ1v) is 6.33. The van der Waals surface area contributed by atoms with Gasteiger partial charge in [0.15, 0.2) is 0 Å². The molecule has 0 spiro atoms. The molecule has 0 heterocycles. The van der Waals surface area contributed by atoms with E-state index < -0.39 is 12.6 Å². The van der Waals surface area contributed by atoms with Crippen LogP contribution in [0.4, 0.5) is 13.2 Å². The molecule has 1 atom stereocenters. The van der Waals surface area contributed by atoms with Crippen molar-refractivity contribution in [3.05, 3.63) is 0 Å². The molecule has 0 aliphatic heterocycles. The van der Waals surface area contributed by atoms with E-state index in [2.05, 4.69) is 12.2 Å². The zero-order valence-corrected chi connectivity index (χ0v) is 9.95. The molecule has 4 heteroatoms. The number of halogens is 3. The molecule has 1 rings (SSSR count). The van der Waals surface area contributed by atoms with Crippen molar-refractivity contribution in [2.24, 2.45) is 5.92 Å². The summed E-state index contributed by atoms with van der Waals surface area (Å²) >= 11 is 0. The number of alkyl halides is 3. The number of hydrogen-bond acceptors (Lipinski definition) is 1. The Morgan fingerprint density at radius 2 is 1.94 bits per heavy atom. The van der Waals surface area contributed by atoms with E-state index >= 15 is 0 Å². The second-order valence-corrected chi connectivity index (χ2v) is 4.76. The van der Waals surface area contributed by atoms with Gasteiger partial charge in [-0.15, -0.1) is 0 Å². The topological polar surface area (TPSA) is 12.0 Å². The molecular weight excluding hydrogens is 215 g/mol. The second kappa shape index (κ2) is 6.48. The molecule has 1 aliphatic carbocycles. The highest BCUT2D eigenvalue weighted by atomic mass is 19.4. The Morgan fingerprint density at radius 1 is 1.25 bits per heavy atom. The summed E-state index contributed by atoms with van der Waals surface area (Å²) in [6.07, 6.45) is 1.14. The molecule has 0 saturated heterocycles. The van der Waals surface area contributed by atoms with Crippen LogP contribution in [0.25, 0.3) is 0 Å². The highest BCUT2D eigenvalue weighted by Gasteiger charge is 2.30. The van der Waals surface area contributed by atoms with Gasteiger partial charge in [0.2, 0.25) is 0 Å². The third-order valence-electron chi connectivity index (χ3n) is 3.08. The molecule has 1 aliphatic rings. The second-order valence-electron chi connectivity index (χ2n) is 4.76. The fourth-order valence-corrected chi connectivity index (χ4v) is 2.05. The van der Waals surface area contributed by atoms with Crippen LogP contribution >= 0.6 is 0 Å². The SMILES string of the molecule is CCCC(NCCCCC(F)(F)F)C1CC1. The van der Waals surface area contributed by atoms with E-state index in [0.717, 1.165) is 25.3 Å². The first-order chi connectivity index (χ1) is 7.53. The van der Waals surface area contributed by atoms with Gasteiger partial charge >= 0.3 is 6.18 Å². The van der Waals surface area contributed by atoms with Gasteiger partial charge in [-0.1, -0.05) is 13.3 Å². The summed E-state index contributed by atoms with van der Waals surface area (Å²) in [5.74, 6) is 0.794. The van der Waals surface area contributed by atoms with Gasteiger partial charge in [0.05, 0.1) is 0 Å². The van der Waals surface area contributed by atoms with Crippen molar-refractivity contribution >= 4 is 0 Å². The lowest BCUT2D eigenvalue weighted by Crippen LogP contribution is -2.31. The lowest BCUT2D eigenvalue weighted by Gasteiger charge is -2.17. The third-order valence-corrected chi connectivity index (χ3v) is 3.08. The van der Waals surface area contributed by atoms with Crippen LogP contribution in [0.3, 0.4) is 0 Å². The quantitative estimate of drug-likeness (QED) is 0.631. The molecule has 0 aromatic carbocycles. The molecule has 0 aromatic rings. The van der Waals surface area contributed by atoms with Crippen molar-refractivity contribution in [1.82, 2.24) is 5.32 Å². The number of unbranched alkanes of at least 4 members (excludes halogenated alkanes) is 1. The van der Waals surface area contributed by atoms with Crippen molar-refractivity contribution in [3.63, 3.8) is 0 Å². The lowest BCUT2D eigenvalue weighted by atomic mass is 10.1. The van der Waals surface area contributed by atoms with Crippen molar-refractivity contribution in [2.45, 2.75) is 64.1 Å². The molecule has 0 amide bonds. The van der Waals surface area contributed by atoms with Crippen LogP contribution in [0, 0.1) is 5.92 Å². The Hall–Kier alpha value is -0.250. The molecule has 1 unspecified atom stereocenters. The molecule has 1 fully saturated rings. The van der Waals surface area contributed by atoms with Gasteiger partial charge in [-0.25, -0.2) is 0 Å². The van der Waals surface area contributed by atoms with Crippen molar-refractivity contribution in [3.8, 4) is 0 Å². The van der Waals surface area contributed by atoms with Crippen LogP contribution in [0.15, 0.2) is 0 Å².